The molecule has 26 heavy (non-hydrogen) atoms. The highest BCUT2D eigenvalue weighted by Gasteiger charge is 2.46. The van der Waals surface area contributed by atoms with Crippen molar-refractivity contribution in [1.29, 1.82) is 0 Å². The Hall–Kier alpha value is -2.31. The second-order valence-corrected chi connectivity index (χ2v) is 7.06. The normalized spacial score (nSPS) is 25.9. The van der Waals surface area contributed by atoms with Crippen LogP contribution < -0.4 is 0 Å². The van der Waals surface area contributed by atoms with Crippen LogP contribution >= 0.6 is 0 Å². The molecule has 4 heterocycles. The molecule has 0 saturated carbocycles. The average molecular weight is 352 g/mol. The van der Waals surface area contributed by atoms with Gasteiger partial charge >= 0.3 is 0 Å². The molecule has 2 fully saturated rings. The Bertz CT molecular complexity index is 740. The van der Waals surface area contributed by atoms with Crippen molar-refractivity contribution in [2.45, 2.75) is 25.1 Å². The van der Waals surface area contributed by atoms with E-state index < -0.39 is 0 Å². The number of piperidine rings is 1. The highest BCUT2D eigenvalue weighted by atomic mass is 16.5. The number of hydrogen-bond donors (Lipinski definition) is 0. The Kier molecular flexibility index (Phi) is 4.95. The molecular formula is C20H24N4O2. The number of fused-ring (bicyclic) bond motifs is 1. The summed E-state index contributed by atoms with van der Waals surface area (Å²) in [5.41, 5.74) is 1.72. The second kappa shape index (κ2) is 7.51. The molecule has 6 nitrogen and oxygen atoms in total. The van der Waals surface area contributed by atoms with Gasteiger partial charge in [-0.1, -0.05) is 12.1 Å². The summed E-state index contributed by atoms with van der Waals surface area (Å²) in [5, 5.41) is 0. The predicted molar refractivity (Wildman–Crippen MR) is 97.5 cm³/mol. The second-order valence-electron chi connectivity index (χ2n) is 7.06. The van der Waals surface area contributed by atoms with Gasteiger partial charge < -0.3 is 9.64 Å². The molecule has 2 saturated heterocycles. The topological polar surface area (TPSA) is 58.6 Å². The number of rotatable bonds is 4. The summed E-state index contributed by atoms with van der Waals surface area (Å²) in [5.74, 6) is 0.358. The first-order chi connectivity index (χ1) is 12.8. The summed E-state index contributed by atoms with van der Waals surface area (Å²) in [6, 6.07) is 9.72. The zero-order valence-corrected chi connectivity index (χ0v) is 15.0. The molecule has 0 bridgehead atoms. The van der Waals surface area contributed by atoms with Crippen molar-refractivity contribution >= 4 is 5.91 Å². The number of aromatic nitrogens is 2. The van der Waals surface area contributed by atoms with E-state index in [2.05, 4.69) is 20.9 Å². The van der Waals surface area contributed by atoms with E-state index in [1.807, 2.05) is 29.3 Å². The van der Waals surface area contributed by atoms with Crippen LogP contribution in [0.1, 0.15) is 22.5 Å². The van der Waals surface area contributed by atoms with Crippen LogP contribution in [0.5, 0.6) is 0 Å². The molecule has 4 rings (SSSR count). The first-order valence-electron chi connectivity index (χ1n) is 9.12. The van der Waals surface area contributed by atoms with Crippen molar-refractivity contribution in [1.82, 2.24) is 19.8 Å². The molecule has 6 heteroatoms. The Labute approximate surface area is 153 Å². The number of likely N-dealkylation sites (tertiary alicyclic amines) is 2. The fraction of sp³-hybridized carbons (Fsp3) is 0.450. The molecule has 0 aromatic carbocycles. The van der Waals surface area contributed by atoms with Crippen LogP contribution in [0.2, 0.25) is 0 Å². The van der Waals surface area contributed by atoms with Crippen molar-refractivity contribution in [3.63, 3.8) is 0 Å². The van der Waals surface area contributed by atoms with Crippen LogP contribution in [0, 0.1) is 5.92 Å². The van der Waals surface area contributed by atoms with Crippen LogP contribution in [0.3, 0.4) is 0 Å². The monoisotopic (exact) mass is 352 g/mol. The van der Waals surface area contributed by atoms with Crippen LogP contribution in [-0.4, -0.2) is 64.6 Å². The lowest BCUT2D eigenvalue weighted by Gasteiger charge is -2.40. The van der Waals surface area contributed by atoms with Crippen molar-refractivity contribution in [3.05, 3.63) is 60.2 Å². The van der Waals surface area contributed by atoms with Gasteiger partial charge in [0, 0.05) is 57.8 Å². The molecule has 0 unspecified atom stereocenters. The maximum absolute atomic E-state index is 13.0. The number of carbonyl (C=O) groups is 1. The lowest BCUT2D eigenvalue weighted by molar-refractivity contribution is -0.0158. The van der Waals surface area contributed by atoms with E-state index in [0.29, 0.717) is 11.6 Å². The van der Waals surface area contributed by atoms with Crippen molar-refractivity contribution in [2.75, 3.05) is 26.7 Å². The van der Waals surface area contributed by atoms with Crippen molar-refractivity contribution in [2.24, 2.45) is 5.92 Å². The number of carbonyl (C=O) groups excluding carboxylic acids is 1. The van der Waals surface area contributed by atoms with E-state index >= 15 is 0 Å². The van der Waals surface area contributed by atoms with Crippen molar-refractivity contribution in [3.8, 4) is 0 Å². The summed E-state index contributed by atoms with van der Waals surface area (Å²) in [6.07, 6.45) is 6.45. The third-order valence-electron chi connectivity index (χ3n) is 5.52. The average Bonchev–Trinajstić information content (AvgIpc) is 3.11. The molecule has 2 aromatic heterocycles. The Morgan fingerprint density at radius 2 is 2.15 bits per heavy atom. The summed E-state index contributed by atoms with van der Waals surface area (Å²) < 4.78 is 5.74. The summed E-state index contributed by atoms with van der Waals surface area (Å²) in [6.45, 7) is 3.36. The Morgan fingerprint density at radius 3 is 2.88 bits per heavy atom. The minimum atomic E-state index is 0.0263. The van der Waals surface area contributed by atoms with E-state index in [9.17, 15) is 4.79 Å². The van der Waals surface area contributed by atoms with Crippen LogP contribution in [0.15, 0.2) is 48.9 Å². The van der Waals surface area contributed by atoms with E-state index in [1.165, 1.54) is 5.56 Å². The molecule has 0 N–H and O–H groups in total. The third kappa shape index (κ3) is 3.34. The fourth-order valence-corrected chi connectivity index (χ4v) is 4.30. The summed E-state index contributed by atoms with van der Waals surface area (Å²) in [7, 11) is 1.78. The highest BCUT2D eigenvalue weighted by molar-refractivity contribution is 5.92. The van der Waals surface area contributed by atoms with Gasteiger partial charge in [-0.05, 0) is 30.2 Å². The Balaban J connectivity index is 1.53. The number of ether oxygens (including phenoxy) is 1. The van der Waals surface area contributed by atoms with Gasteiger partial charge in [0.05, 0.1) is 12.1 Å². The molecule has 2 aromatic rings. The Morgan fingerprint density at radius 1 is 1.23 bits per heavy atom. The number of methoxy groups -OCH3 is 1. The summed E-state index contributed by atoms with van der Waals surface area (Å²) in [4.78, 5) is 25.9. The van der Waals surface area contributed by atoms with Gasteiger partial charge in [0.1, 0.15) is 5.69 Å². The number of pyridine rings is 2. The van der Waals surface area contributed by atoms with Gasteiger partial charge in [0.15, 0.2) is 0 Å². The number of nitrogens with zero attached hydrogens (tertiary/aromatic N) is 4. The zero-order chi connectivity index (χ0) is 17.9. The van der Waals surface area contributed by atoms with Gasteiger partial charge in [0.25, 0.3) is 5.91 Å². The lowest BCUT2D eigenvalue weighted by Crippen LogP contribution is -2.53. The highest BCUT2D eigenvalue weighted by Crippen LogP contribution is 2.33. The first kappa shape index (κ1) is 17.1. The van der Waals surface area contributed by atoms with Gasteiger partial charge in [-0.3, -0.25) is 19.7 Å². The lowest BCUT2D eigenvalue weighted by atomic mass is 9.88. The number of amides is 1. The molecule has 136 valence electrons. The van der Waals surface area contributed by atoms with E-state index in [0.717, 1.165) is 32.6 Å². The smallest absolute Gasteiger partial charge is 0.272 e. The first-order valence-corrected chi connectivity index (χ1v) is 9.12. The van der Waals surface area contributed by atoms with Crippen LogP contribution in [-0.2, 0) is 11.3 Å². The SMILES string of the molecule is CO[C@H]1CCN(C(=O)c2ccccn2)[C@@H]2CN(Cc3cccnc3)C[C@H]12. The molecule has 3 atom stereocenters. The fourth-order valence-electron chi connectivity index (χ4n) is 4.30. The third-order valence-corrected chi connectivity index (χ3v) is 5.52. The van der Waals surface area contributed by atoms with Gasteiger partial charge in [-0.25, -0.2) is 0 Å². The molecule has 0 radical (unpaired) electrons. The predicted octanol–water partition coefficient (Wildman–Crippen LogP) is 1.84. The minimum Gasteiger partial charge on any atom is -0.381 e. The van der Waals surface area contributed by atoms with E-state index in [-0.39, 0.29) is 18.1 Å². The van der Waals surface area contributed by atoms with E-state index in [4.69, 9.17) is 4.74 Å². The van der Waals surface area contributed by atoms with Gasteiger partial charge in [-0.15, -0.1) is 0 Å². The molecule has 2 aliphatic rings. The maximum Gasteiger partial charge on any atom is 0.272 e. The molecule has 0 spiro atoms. The zero-order valence-electron chi connectivity index (χ0n) is 15.0. The standard InChI is InChI=1S/C20H24N4O2/c1-26-19-7-10-24(20(25)17-6-2-3-9-22-17)18-14-23(13-16(18)19)12-15-5-4-8-21-11-15/h2-6,8-9,11,16,18-19H,7,10,12-14H2,1H3/t16-,18+,19-/m0/s1. The molecule has 2 aliphatic heterocycles. The quantitative estimate of drug-likeness (QED) is 0.840. The molecule has 1 amide bonds. The van der Waals surface area contributed by atoms with Crippen LogP contribution in [0.4, 0.5) is 0 Å². The minimum absolute atomic E-state index is 0.0263. The largest absolute Gasteiger partial charge is 0.381 e. The number of hydrogen-bond acceptors (Lipinski definition) is 5. The van der Waals surface area contributed by atoms with E-state index in [1.54, 1.807) is 25.6 Å². The van der Waals surface area contributed by atoms with Crippen molar-refractivity contribution < 1.29 is 9.53 Å². The maximum atomic E-state index is 13.0. The summed E-state index contributed by atoms with van der Waals surface area (Å²) >= 11 is 0. The molecule has 0 aliphatic carbocycles. The van der Waals surface area contributed by atoms with Gasteiger partial charge in [-0.2, -0.15) is 0 Å². The molecular weight excluding hydrogens is 328 g/mol. The van der Waals surface area contributed by atoms with Gasteiger partial charge in [0.2, 0.25) is 0 Å². The van der Waals surface area contributed by atoms with Crippen LogP contribution in [0.25, 0.3) is 0 Å².